The van der Waals surface area contributed by atoms with Crippen molar-refractivity contribution in [2.45, 2.75) is 123 Å². The van der Waals surface area contributed by atoms with Gasteiger partial charge in [-0.15, -0.1) is 0 Å². The van der Waals surface area contributed by atoms with Crippen LogP contribution in [0, 0.1) is 5.92 Å². The van der Waals surface area contributed by atoms with Crippen LogP contribution >= 0.6 is 0 Å². The molecule has 0 aliphatic carbocycles. The molecule has 2 aromatic rings. The highest BCUT2D eigenvalue weighted by atomic mass is 14.2. The summed E-state index contributed by atoms with van der Waals surface area (Å²) in [7, 11) is 0. The Morgan fingerprint density at radius 2 is 1.03 bits per heavy atom. The molecule has 0 aromatic heterocycles. The van der Waals surface area contributed by atoms with Gasteiger partial charge in [0.05, 0.1) is 0 Å². The van der Waals surface area contributed by atoms with Crippen LogP contribution in [0.3, 0.4) is 0 Å². The van der Waals surface area contributed by atoms with Gasteiger partial charge in [0.15, 0.2) is 0 Å². The maximum absolute atomic E-state index is 2.44. The van der Waals surface area contributed by atoms with E-state index in [9.17, 15) is 0 Å². The van der Waals surface area contributed by atoms with Crippen molar-refractivity contribution in [2.75, 3.05) is 0 Å². The molecule has 0 bridgehead atoms. The van der Waals surface area contributed by atoms with E-state index in [2.05, 4.69) is 56.3 Å². The quantitative estimate of drug-likeness (QED) is 0.215. The summed E-state index contributed by atoms with van der Waals surface area (Å²) in [5.41, 5.74) is 1.55. The topological polar surface area (TPSA) is 0 Å². The molecule has 0 saturated heterocycles. The second-order valence-corrected chi connectivity index (χ2v) is 9.57. The maximum Gasteiger partial charge on any atom is -0.0181 e. The fourth-order valence-corrected chi connectivity index (χ4v) is 4.83. The van der Waals surface area contributed by atoms with E-state index in [1.165, 1.54) is 120 Å². The molecule has 0 N–H and O–H groups in total. The van der Waals surface area contributed by atoms with E-state index in [1.807, 2.05) is 0 Å². The Kier molecular flexibility index (Phi) is 13.6. The van der Waals surface area contributed by atoms with E-state index in [0.29, 0.717) is 0 Å². The minimum Gasteiger partial charge on any atom is -0.0654 e. The molecule has 0 fully saturated rings. The van der Waals surface area contributed by atoms with E-state index < -0.39 is 0 Å². The SMILES string of the molecule is CCCCCCCCCCC(CCCCCCCC)Cc1ccc2ccccc2c1. The molecule has 0 nitrogen and oxygen atoms in total. The van der Waals surface area contributed by atoms with Gasteiger partial charge < -0.3 is 0 Å². The van der Waals surface area contributed by atoms with Gasteiger partial charge in [-0.2, -0.15) is 0 Å². The molecule has 30 heavy (non-hydrogen) atoms. The van der Waals surface area contributed by atoms with Crippen LogP contribution in [0.15, 0.2) is 42.5 Å². The summed E-state index contributed by atoms with van der Waals surface area (Å²) in [4.78, 5) is 0. The maximum atomic E-state index is 2.44. The minimum atomic E-state index is 0.873. The predicted octanol–water partition coefficient (Wildman–Crippen LogP) is 10.3. The van der Waals surface area contributed by atoms with Crippen molar-refractivity contribution in [1.29, 1.82) is 0 Å². The van der Waals surface area contributed by atoms with Crippen LogP contribution in [0.25, 0.3) is 10.8 Å². The van der Waals surface area contributed by atoms with Crippen LogP contribution in [-0.2, 0) is 6.42 Å². The Bertz CT molecular complexity index is 656. The van der Waals surface area contributed by atoms with Gasteiger partial charge in [-0.05, 0) is 28.7 Å². The second-order valence-electron chi connectivity index (χ2n) is 9.57. The summed E-state index contributed by atoms with van der Waals surface area (Å²) in [6.07, 6.45) is 24.1. The molecule has 168 valence electrons. The van der Waals surface area contributed by atoms with Gasteiger partial charge in [-0.3, -0.25) is 0 Å². The summed E-state index contributed by atoms with van der Waals surface area (Å²) in [6, 6.07) is 15.9. The van der Waals surface area contributed by atoms with Crippen LogP contribution in [0.1, 0.15) is 122 Å². The Morgan fingerprint density at radius 3 is 1.60 bits per heavy atom. The first-order valence-electron chi connectivity index (χ1n) is 13.3. The van der Waals surface area contributed by atoms with Crippen molar-refractivity contribution in [1.82, 2.24) is 0 Å². The van der Waals surface area contributed by atoms with Crippen molar-refractivity contribution < 1.29 is 0 Å². The van der Waals surface area contributed by atoms with Gasteiger partial charge >= 0.3 is 0 Å². The fraction of sp³-hybridized carbons (Fsp3) is 0.667. The largest absolute Gasteiger partial charge is 0.0654 e. The van der Waals surface area contributed by atoms with Crippen LogP contribution < -0.4 is 0 Å². The first kappa shape index (κ1) is 25.0. The third-order valence-electron chi connectivity index (χ3n) is 6.77. The van der Waals surface area contributed by atoms with Crippen LogP contribution in [0.4, 0.5) is 0 Å². The number of hydrogen-bond donors (Lipinski definition) is 0. The molecule has 0 heteroatoms. The zero-order valence-electron chi connectivity index (χ0n) is 20.1. The van der Waals surface area contributed by atoms with Gasteiger partial charge in [0.1, 0.15) is 0 Å². The van der Waals surface area contributed by atoms with Crippen LogP contribution in [-0.4, -0.2) is 0 Å². The minimum absolute atomic E-state index is 0.873. The molecule has 0 saturated carbocycles. The molecule has 0 heterocycles. The molecule has 0 amide bonds. The summed E-state index contributed by atoms with van der Waals surface area (Å²) in [6.45, 7) is 4.61. The Balaban J connectivity index is 1.77. The molecule has 0 aliphatic rings. The third kappa shape index (κ3) is 10.6. The van der Waals surface area contributed by atoms with E-state index in [0.717, 1.165) is 5.92 Å². The van der Waals surface area contributed by atoms with Gasteiger partial charge in [0.25, 0.3) is 0 Å². The summed E-state index contributed by atoms with van der Waals surface area (Å²) in [5, 5.41) is 2.78. The van der Waals surface area contributed by atoms with Crippen molar-refractivity contribution in [3.05, 3.63) is 48.0 Å². The summed E-state index contributed by atoms with van der Waals surface area (Å²) in [5.74, 6) is 0.873. The van der Waals surface area contributed by atoms with E-state index >= 15 is 0 Å². The first-order valence-corrected chi connectivity index (χ1v) is 13.3. The molecule has 0 spiro atoms. The lowest BCUT2D eigenvalue weighted by Crippen LogP contribution is -2.05. The monoisotopic (exact) mass is 408 g/mol. The van der Waals surface area contributed by atoms with E-state index in [4.69, 9.17) is 0 Å². The highest BCUT2D eigenvalue weighted by Gasteiger charge is 2.10. The first-order chi connectivity index (χ1) is 14.8. The number of hydrogen-bond acceptors (Lipinski definition) is 0. The lowest BCUT2D eigenvalue weighted by molar-refractivity contribution is 0.400. The van der Waals surface area contributed by atoms with Crippen molar-refractivity contribution in [3.8, 4) is 0 Å². The van der Waals surface area contributed by atoms with Crippen molar-refractivity contribution >= 4 is 10.8 Å². The molecule has 0 aliphatic heterocycles. The molecular formula is C30H48. The lowest BCUT2D eigenvalue weighted by Gasteiger charge is -2.18. The van der Waals surface area contributed by atoms with Crippen LogP contribution in [0.2, 0.25) is 0 Å². The van der Waals surface area contributed by atoms with Gasteiger partial charge in [0, 0.05) is 0 Å². The average Bonchev–Trinajstić information content (AvgIpc) is 2.77. The average molecular weight is 409 g/mol. The standard InChI is InChI=1S/C30H48/c1-3-5-7-9-11-12-14-16-20-27(19-15-13-10-8-6-4-2)25-28-23-24-29-21-17-18-22-30(29)26-28/h17-18,21-24,26-27H,3-16,19-20,25H2,1-2H3. The number of fused-ring (bicyclic) bond motifs is 1. The number of unbranched alkanes of at least 4 members (excludes halogenated alkanes) is 12. The highest BCUT2D eigenvalue weighted by molar-refractivity contribution is 5.82. The lowest BCUT2D eigenvalue weighted by atomic mass is 9.88. The van der Waals surface area contributed by atoms with Crippen LogP contribution in [0.5, 0.6) is 0 Å². The second kappa shape index (κ2) is 16.4. The van der Waals surface area contributed by atoms with E-state index in [-0.39, 0.29) is 0 Å². The third-order valence-corrected chi connectivity index (χ3v) is 6.77. The van der Waals surface area contributed by atoms with Crippen molar-refractivity contribution in [3.63, 3.8) is 0 Å². The number of benzene rings is 2. The smallest absolute Gasteiger partial charge is 0.0181 e. The summed E-state index contributed by atoms with van der Waals surface area (Å²) < 4.78 is 0. The molecule has 1 unspecified atom stereocenters. The molecule has 1 atom stereocenters. The molecule has 0 radical (unpaired) electrons. The van der Waals surface area contributed by atoms with Gasteiger partial charge in [0.2, 0.25) is 0 Å². The zero-order chi connectivity index (χ0) is 21.3. The Hall–Kier alpha value is -1.30. The normalized spacial score (nSPS) is 12.5. The van der Waals surface area contributed by atoms with E-state index in [1.54, 1.807) is 5.56 Å². The van der Waals surface area contributed by atoms with Gasteiger partial charge in [-0.25, -0.2) is 0 Å². The molecular weight excluding hydrogens is 360 g/mol. The molecule has 2 rings (SSSR count). The highest BCUT2D eigenvalue weighted by Crippen LogP contribution is 2.25. The predicted molar refractivity (Wildman–Crippen MR) is 136 cm³/mol. The Labute approximate surface area is 187 Å². The fourth-order valence-electron chi connectivity index (χ4n) is 4.83. The number of rotatable bonds is 18. The van der Waals surface area contributed by atoms with Gasteiger partial charge in [-0.1, -0.05) is 159 Å². The van der Waals surface area contributed by atoms with Crippen molar-refractivity contribution in [2.24, 2.45) is 5.92 Å². The summed E-state index contributed by atoms with van der Waals surface area (Å²) >= 11 is 0. The Morgan fingerprint density at radius 1 is 0.533 bits per heavy atom. The molecule has 2 aromatic carbocycles. The zero-order valence-corrected chi connectivity index (χ0v) is 20.1.